The standard InChI is InChI=1S/C17H25BrN2/c1-2-7-19-17(16-6-5-15(18)11-20-16)10-14-9-12-3-4-13(14)8-12/h5-6,11-14,17,19H,2-4,7-10H2,1H3. The van der Waals surface area contributed by atoms with E-state index < -0.39 is 0 Å². The lowest BCUT2D eigenvalue weighted by Crippen LogP contribution is -2.27. The van der Waals surface area contributed by atoms with Crippen LogP contribution in [0.15, 0.2) is 22.8 Å². The minimum absolute atomic E-state index is 0.437. The molecule has 0 saturated heterocycles. The van der Waals surface area contributed by atoms with Gasteiger partial charge in [0.15, 0.2) is 0 Å². The molecule has 2 fully saturated rings. The van der Waals surface area contributed by atoms with Crippen molar-refractivity contribution < 1.29 is 0 Å². The molecule has 20 heavy (non-hydrogen) atoms. The van der Waals surface area contributed by atoms with Crippen molar-refractivity contribution in [3.05, 3.63) is 28.5 Å². The molecular formula is C17H25BrN2. The first-order valence-corrected chi connectivity index (χ1v) is 8.90. The summed E-state index contributed by atoms with van der Waals surface area (Å²) in [6.45, 7) is 3.32. The maximum atomic E-state index is 4.63. The number of rotatable bonds is 6. The lowest BCUT2D eigenvalue weighted by Gasteiger charge is -2.27. The summed E-state index contributed by atoms with van der Waals surface area (Å²) in [6, 6.07) is 4.72. The summed E-state index contributed by atoms with van der Waals surface area (Å²) in [5.74, 6) is 2.96. The van der Waals surface area contributed by atoms with E-state index in [1.54, 1.807) is 0 Å². The topological polar surface area (TPSA) is 24.9 Å². The molecule has 3 heteroatoms. The maximum absolute atomic E-state index is 4.63. The molecular weight excluding hydrogens is 312 g/mol. The van der Waals surface area contributed by atoms with Gasteiger partial charge in [-0.05, 0) is 84.5 Å². The van der Waals surface area contributed by atoms with Crippen molar-refractivity contribution >= 4 is 15.9 Å². The van der Waals surface area contributed by atoms with Gasteiger partial charge < -0.3 is 5.32 Å². The SMILES string of the molecule is CCCNC(CC1CC2CCC1C2)c1ccc(Br)cn1. The zero-order valence-electron chi connectivity index (χ0n) is 12.3. The van der Waals surface area contributed by atoms with E-state index in [4.69, 9.17) is 0 Å². The highest BCUT2D eigenvalue weighted by Gasteiger charge is 2.40. The normalized spacial score (nSPS) is 29.8. The van der Waals surface area contributed by atoms with Gasteiger partial charge >= 0.3 is 0 Å². The van der Waals surface area contributed by atoms with Crippen LogP contribution in [0.4, 0.5) is 0 Å². The van der Waals surface area contributed by atoms with Crippen LogP contribution in [0.2, 0.25) is 0 Å². The molecule has 1 N–H and O–H groups in total. The molecule has 0 amide bonds. The third-order valence-electron chi connectivity index (χ3n) is 5.17. The summed E-state index contributed by atoms with van der Waals surface area (Å²) in [6.07, 6.45) is 10.3. The van der Waals surface area contributed by atoms with Crippen molar-refractivity contribution in [2.45, 2.75) is 51.5 Å². The Morgan fingerprint density at radius 3 is 2.85 bits per heavy atom. The second-order valence-electron chi connectivity index (χ2n) is 6.58. The van der Waals surface area contributed by atoms with Crippen LogP contribution < -0.4 is 5.32 Å². The number of nitrogens with zero attached hydrogens (tertiary/aromatic N) is 1. The zero-order valence-corrected chi connectivity index (χ0v) is 13.9. The molecule has 0 radical (unpaired) electrons. The molecule has 2 aliphatic carbocycles. The molecule has 2 saturated carbocycles. The highest BCUT2D eigenvalue weighted by Crippen LogP contribution is 2.50. The van der Waals surface area contributed by atoms with Crippen LogP contribution in [-0.4, -0.2) is 11.5 Å². The summed E-state index contributed by atoms with van der Waals surface area (Å²) in [4.78, 5) is 4.63. The fourth-order valence-corrected chi connectivity index (χ4v) is 4.42. The van der Waals surface area contributed by atoms with Crippen LogP contribution in [0.3, 0.4) is 0 Å². The van der Waals surface area contributed by atoms with E-state index in [1.165, 1.54) is 44.2 Å². The lowest BCUT2D eigenvalue weighted by atomic mass is 9.83. The number of fused-ring (bicyclic) bond motifs is 2. The van der Waals surface area contributed by atoms with Crippen LogP contribution in [0.25, 0.3) is 0 Å². The van der Waals surface area contributed by atoms with Crippen molar-refractivity contribution in [2.75, 3.05) is 6.54 Å². The van der Waals surface area contributed by atoms with Gasteiger partial charge in [0.1, 0.15) is 0 Å². The summed E-state index contributed by atoms with van der Waals surface area (Å²) in [5.41, 5.74) is 1.21. The van der Waals surface area contributed by atoms with E-state index in [-0.39, 0.29) is 0 Å². The van der Waals surface area contributed by atoms with Crippen molar-refractivity contribution in [1.29, 1.82) is 0 Å². The van der Waals surface area contributed by atoms with E-state index in [9.17, 15) is 0 Å². The van der Waals surface area contributed by atoms with Crippen LogP contribution in [0.5, 0.6) is 0 Å². The molecule has 0 aromatic carbocycles. The van der Waals surface area contributed by atoms with Gasteiger partial charge in [-0.15, -0.1) is 0 Å². The predicted octanol–water partition coefficient (Wildman–Crippen LogP) is 4.71. The summed E-state index contributed by atoms with van der Waals surface area (Å²) in [5, 5.41) is 3.71. The van der Waals surface area contributed by atoms with E-state index in [0.29, 0.717) is 6.04 Å². The van der Waals surface area contributed by atoms with Gasteiger partial charge in [0, 0.05) is 16.7 Å². The average Bonchev–Trinajstić information content (AvgIpc) is 3.07. The van der Waals surface area contributed by atoms with Crippen LogP contribution >= 0.6 is 15.9 Å². The molecule has 2 nitrogen and oxygen atoms in total. The first-order chi connectivity index (χ1) is 9.76. The molecule has 0 aliphatic heterocycles. The fourth-order valence-electron chi connectivity index (χ4n) is 4.19. The number of nitrogens with one attached hydrogen (secondary N) is 1. The first-order valence-electron chi connectivity index (χ1n) is 8.11. The Kier molecular flexibility index (Phi) is 4.77. The smallest absolute Gasteiger partial charge is 0.0574 e. The van der Waals surface area contributed by atoms with Gasteiger partial charge in [0.05, 0.1) is 5.69 Å². The number of hydrogen-bond donors (Lipinski definition) is 1. The molecule has 1 aromatic heterocycles. The van der Waals surface area contributed by atoms with E-state index >= 15 is 0 Å². The van der Waals surface area contributed by atoms with Gasteiger partial charge in [-0.25, -0.2) is 0 Å². The quantitative estimate of drug-likeness (QED) is 0.813. The van der Waals surface area contributed by atoms with Gasteiger partial charge in [0.25, 0.3) is 0 Å². The molecule has 2 bridgehead atoms. The Balaban J connectivity index is 1.67. The number of aromatic nitrogens is 1. The van der Waals surface area contributed by atoms with E-state index in [1.807, 2.05) is 6.20 Å². The Bertz CT molecular complexity index is 431. The number of halogens is 1. The van der Waals surface area contributed by atoms with Crippen molar-refractivity contribution in [3.63, 3.8) is 0 Å². The van der Waals surface area contributed by atoms with Crippen molar-refractivity contribution in [1.82, 2.24) is 10.3 Å². The molecule has 3 rings (SSSR count). The van der Waals surface area contributed by atoms with Gasteiger partial charge in [-0.3, -0.25) is 4.98 Å². The Labute approximate surface area is 130 Å². The highest BCUT2D eigenvalue weighted by atomic mass is 79.9. The van der Waals surface area contributed by atoms with Gasteiger partial charge in [0.2, 0.25) is 0 Å². The van der Waals surface area contributed by atoms with Crippen molar-refractivity contribution in [3.8, 4) is 0 Å². The first kappa shape index (κ1) is 14.5. The molecule has 2 aliphatic rings. The monoisotopic (exact) mass is 336 g/mol. The zero-order chi connectivity index (χ0) is 13.9. The predicted molar refractivity (Wildman–Crippen MR) is 86.5 cm³/mol. The van der Waals surface area contributed by atoms with Crippen molar-refractivity contribution in [2.24, 2.45) is 17.8 Å². The van der Waals surface area contributed by atoms with E-state index in [0.717, 1.165) is 28.8 Å². The van der Waals surface area contributed by atoms with Gasteiger partial charge in [-0.2, -0.15) is 0 Å². The van der Waals surface area contributed by atoms with Gasteiger partial charge in [-0.1, -0.05) is 13.3 Å². The molecule has 1 heterocycles. The number of pyridine rings is 1. The maximum Gasteiger partial charge on any atom is 0.0574 e. The Hall–Kier alpha value is -0.410. The number of hydrogen-bond acceptors (Lipinski definition) is 2. The second kappa shape index (κ2) is 6.57. The minimum Gasteiger partial charge on any atom is -0.309 e. The summed E-state index contributed by atoms with van der Waals surface area (Å²) >= 11 is 3.48. The third-order valence-corrected chi connectivity index (χ3v) is 5.64. The average molecular weight is 337 g/mol. The molecule has 4 unspecified atom stereocenters. The molecule has 110 valence electrons. The van der Waals surface area contributed by atoms with Crippen LogP contribution in [0, 0.1) is 17.8 Å². The molecule has 1 aromatic rings. The molecule has 4 atom stereocenters. The minimum atomic E-state index is 0.437. The summed E-state index contributed by atoms with van der Waals surface area (Å²) < 4.78 is 1.07. The second-order valence-corrected chi connectivity index (χ2v) is 7.49. The summed E-state index contributed by atoms with van der Waals surface area (Å²) in [7, 11) is 0. The Morgan fingerprint density at radius 1 is 1.35 bits per heavy atom. The lowest BCUT2D eigenvalue weighted by molar-refractivity contribution is 0.277. The highest BCUT2D eigenvalue weighted by molar-refractivity contribution is 9.10. The Morgan fingerprint density at radius 2 is 2.25 bits per heavy atom. The third kappa shape index (κ3) is 3.25. The van der Waals surface area contributed by atoms with E-state index in [2.05, 4.69) is 45.3 Å². The van der Waals surface area contributed by atoms with Crippen LogP contribution in [-0.2, 0) is 0 Å². The van der Waals surface area contributed by atoms with Crippen LogP contribution in [0.1, 0.15) is 57.2 Å². The largest absolute Gasteiger partial charge is 0.309 e. The molecule has 0 spiro atoms. The fraction of sp³-hybridized carbons (Fsp3) is 0.706.